The third kappa shape index (κ3) is 7.82. The van der Waals surface area contributed by atoms with Gasteiger partial charge in [-0.3, -0.25) is 5.43 Å². The van der Waals surface area contributed by atoms with E-state index >= 15 is 0 Å². The summed E-state index contributed by atoms with van der Waals surface area (Å²) >= 11 is 3.53. The number of carbonyl (C=O) groups is 2. The molecule has 2 aliphatic heterocycles. The number of hydrogen-bond acceptors (Lipinski definition) is 11. The van der Waals surface area contributed by atoms with Crippen LogP contribution >= 0.6 is 15.9 Å². The van der Waals surface area contributed by atoms with Crippen molar-refractivity contribution in [2.75, 3.05) is 27.1 Å². The van der Waals surface area contributed by atoms with Crippen LogP contribution in [0.4, 0.5) is 4.79 Å². The van der Waals surface area contributed by atoms with Gasteiger partial charge in [0.2, 0.25) is 6.79 Å². The average molecular weight is 698 g/mol. The smallest absolute Gasteiger partial charge is 0.337 e. The number of rotatable bonds is 13. The Hall–Kier alpha value is -4.95. The molecule has 0 radical (unpaired) electrons. The van der Waals surface area contributed by atoms with Crippen molar-refractivity contribution in [3.63, 3.8) is 0 Å². The number of aliphatic hydroxyl groups excluding tert-OH is 1. The Morgan fingerprint density at radius 1 is 1.09 bits per heavy atom. The summed E-state index contributed by atoms with van der Waals surface area (Å²) in [7, 11) is 1.27. The molecule has 0 saturated heterocycles. The number of benzene rings is 3. The first-order chi connectivity index (χ1) is 22.2. The van der Waals surface area contributed by atoms with E-state index in [1.165, 1.54) is 7.11 Å². The third-order valence-corrected chi connectivity index (χ3v) is 7.52. The summed E-state index contributed by atoms with van der Waals surface area (Å²) in [6.45, 7) is 4.20. The highest BCUT2D eigenvalue weighted by Gasteiger charge is 2.32. The third-order valence-electron chi connectivity index (χ3n) is 6.90. The fraction of sp³-hybridized carbons (Fsp3) is 0.281. The number of carbonyl (C=O) groups excluding carboxylic acids is 2. The molecule has 0 saturated carbocycles. The number of amides is 2. The number of hydrazone groups is 1. The van der Waals surface area contributed by atoms with Gasteiger partial charge in [0, 0.05) is 5.70 Å². The Bertz CT molecular complexity index is 1660. The number of allylic oxidation sites excluding steroid dienone is 1. The molecule has 0 bridgehead atoms. The predicted molar refractivity (Wildman–Crippen MR) is 170 cm³/mol. The highest BCUT2D eigenvalue weighted by molar-refractivity contribution is 9.10. The number of halogens is 1. The maximum Gasteiger partial charge on any atom is 0.337 e. The number of methoxy groups -OCH3 is 1. The van der Waals surface area contributed by atoms with Crippen molar-refractivity contribution in [3.8, 4) is 28.7 Å². The number of aliphatic hydroxyl groups is 1. The van der Waals surface area contributed by atoms with Gasteiger partial charge in [0.25, 0.3) is 0 Å². The zero-order chi connectivity index (χ0) is 32.6. The summed E-state index contributed by atoms with van der Waals surface area (Å²) in [5.41, 5.74) is 5.59. The van der Waals surface area contributed by atoms with Crippen LogP contribution in [0.5, 0.6) is 28.7 Å². The van der Waals surface area contributed by atoms with E-state index in [4.69, 9.17) is 28.4 Å². The van der Waals surface area contributed by atoms with Gasteiger partial charge in [-0.1, -0.05) is 12.1 Å². The number of urea groups is 1. The second-order valence-electron chi connectivity index (χ2n) is 10.1. The van der Waals surface area contributed by atoms with Crippen LogP contribution in [0.25, 0.3) is 0 Å². The van der Waals surface area contributed by atoms with Crippen LogP contribution in [0.1, 0.15) is 36.6 Å². The van der Waals surface area contributed by atoms with Crippen molar-refractivity contribution in [1.82, 2.24) is 16.1 Å². The number of hydrogen-bond donors (Lipinski definition) is 4. The fourth-order valence-corrected chi connectivity index (χ4v) is 5.24. The lowest BCUT2D eigenvalue weighted by Gasteiger charge is -2.28. The van der Waals surface area contributed by atoms with E-state index < -0.39 is 24.3 Å². The summed E-state index contributed by atoms with van der Waals surface area (Å²) in [5, 5.41) is 19.9. The van der Waals surface area contributed by atoms with Crippen molar-refractivity contribution in [2.24, 2.45) is 5.10 Å². The van der Waals surface area contributed by atoms with E-state index in [0.717, 1.165) is 21.3 Å². The van der Waals surface area contributed by atoms with E-state index in [1.807, 2.05) is 43.3 Å². The van der Waals surface area contributed by atoms with Gasteiger partial charge in [-0.05, 0) is 88.9 Å². The molecule has 46 heavy (non-hydrogen) atoms. The molecule has 242 valence electrons. The molecular formula is C32H33BrN4O9. The van der Waals surface area contributed by atoms with Crippen LogP contribution < -0.4 is 39.7 Å². The number of fused-ring (bicyclic) bond motifs is 1. The zero-order valence-electron chi connectivity index (χ0n) is 25.3. The molecule has 2 aliphatic rings. The predicted octanol–water partition coefficient (Wildman–Crippen LogP) is 4.28. The SMILES string of the molecule is CCOc1cc([C@@H]2NC(=O)NC(C)=C2C(=O)OC)ccc1OC[C@@H](O)N/N=C\c1ccc(OCc2ccc3c(c2)OCO3)c(Br)c1. The van der Waals surface area contributed by atoms with Crippen molar-refractivity contribution in [1.29, 1.82) is 0 Å². The summed E-state index contributed by atoms with van der Waals surface area (Å²) < 4.78 is 33.9. The molecule has 0 aliphatic carbocycles. The molecule has 13 nitrogen and oxygen atoms in total. The van der Waals surface area contributed by atoms with E-state index in [1.54, 1.807) is 31.3 Å². The number of nitrogens with one attached hydrogen (secondary N) is 3. The summed E-state index contributed by atoms with van der Waals surface area (Å²) in [4.78, 5) is 24.6. The second kappa shape index (κ2) is 14.9. The van der Waals surface area contributed by atoms with E-state index in [2.05, 4.69) is 37.1 Å². The minimum absolute atomic E-state index is 0.149. The second-order valence-corrected chi connectivity index (χ2v) is 10.9. The van der Waals surface area contributed by atoms with Gasteiger partial charge in [0.15, 0.2) is 29.2 Å². The van der Waals surface area contributed by atoms with Gasteiger partial charge in [-0.15, -0.1) is 0 Å². The Kier molecular flexibility index (Phi) is 10.5. The van der Waals surface area contributed by atoms with Crippen LogP contribution in [-0.2, 0) is 16.1 Å². The quantitative estimate of drug-likeness (QED) is 0.0880. The van der Waals surface area contributed by atoms with Crippen LogP contribution in [-0.4, -0.2) is 56.7 Å². The van der Waals surface area contributed by atoms with Gasteiger partial charge < -0.3 is 44.2 Å². The van der Waals surface area contributed by atoms with Gasteiger partial charge >= 0.3 is 12.0 Å². The molecule has 2 heterocycles. The summed E-state index contributed by atoms with van der Waals surface area (Å²) in [5.74, 6) is 2.23. The minimum atomic E-state index is -1.14. The molecule has 0 aromatic heterocycles. The van der Waals surface area contributed by atoms with Gasteiger partial charge in [-0.25, -0.2) is 9.59 Å². The first-order valence-corrected chi connectivity index (χ1v) is 15.1. The number of ether oxygens (including phenoxy) is 6. The Balaban J connectivity index is 1.15. The Labute approximate surface area is 273 Å². The topological polar surface area (TPSA) is 158 Å². The maximum atomic E-state index is 12.4. The van der Waals surface area contributed by atoms with Gasteiger partial charge in [-0.2, -0.15) is 5.10 Å². The Morgan fingerprint density at radius 2 is 1.89 bits per heavy atom. The first kappa shape index (κ1) is 32.4. The monoisotopic (exact) mass is 696 g/mol. The van der Waals surface area contributed by atoms with Crippen LogP contribution in [0.3, 0.4) is 0 Å². The molecule has 14 heteroatoms. The Morgan fingerprint density at radius 3 is 2.67 bits per heavy atom. The van der Waals surface area contributed by atoms with Crippen LogP contribution in [0.15, 0.2) is 75.4 Å². The van der Waals surface area contributed by atoms with E-state index in [9.17, 15) is 14.7 Å². The lowest BCUT2D eigenvalue weighted by molar-refractivity contribution is -0.136. The molecule has 3 aromatic rings. The highest BCUT2D eigenvalue weighted by Crippen LogP contribution is 2.35. The van der Waals surface area contributed by atoms with Crippen LogP contribution in [0, 0.1) is 0 Å². The van der Waals surface area contributed by atoms with Crippen molar-refractivity contribution in [3.05, 3.63) is 87.0 Å². The fourth-order valence-electron chi connectivity index (χ4n) is 4.73. The molecule has 0 unspecified atom stereocenters. The average Bonchev–Trinajstić information content (AvgIpc) is 3.51. The zero-order valence-corrected chi connectivity index (χ0v) is 26.9. The van der Waals surface area contributed by atoms with Crippen LogP contribution in [0.2, 0.25) is 0 Å². The number of nitrogens with zero attached hydrogens (tertiary/aromatic N) is 1. The summed E-state index contributed by atoms with van der Waals surface area (Å²) in [6.07, 6.45) is 0.413. The van der Waals surface area contributed by atoms with Crippen molar-refractivity contribution < 1.29 is 43.1 Å². The molecule has 0 fully saturated rings. The summed E-state index contributed by atoms with van der Waals surface area (Å²) in [6, 6.07) is 15.0. The highest BCUT2D eigenvalue weighted by atomic mass is 79.9. The van der Waals surface area contributed by atoms with Crippen molar-refractivity contribution >= 4 is 34.1 Å². The lowest BCUT2D eigenvalue weighted by atomic mass is 9.95. The van der Waals surface area contributed by atoms with Gasteiger partial charge in [0.05, 0.1) is 36.0 Å². The molecule has 4 N–H and O–H groups in total. The number of esters is 1. The molecule has 2 amide bonds. The van der Waals surface area contributed by atoms with Crippen molar-refractivity contribution in [2.45, 2.75) is 32.7 Å². The molecule has 0 spiro atoms. The van der Waals surface area contributed by atoms with Gasteiger partial charge in [0.1, 0.15) is 19.0 Å². The molecule has 2 atom stereocenters. The molecule has 3 aromatic carbocycles. The molecular weight excluding hydrogens is 664 g/mol. The largest absolute Gasteiger partial charge is 0.490 e. The molecule has 5 rings (SSSR count). The first-order valence-electron chi connectivity index (χ1n) is 14.3. The lowest BCUT2D eigenvalue weighted by Crippen LogP contribution is -2.45. The standard InChI is InChI=1S/C32H33BrN4O9/c1-4-42-27-13-21(30-29(31(39)41-3)18(2)35-32(40)36-30)7-10-24(27)44-16-28(38)37-34-14-19-5-8-23(22(33)11-19)43-15-20-6-9-25-26(12-20)46-17-45-25/h5-14,28,30,37-38H,4,15-17H2,1-3H3,(H2,35,36,40)/b34-14-/t28-,30+/m1/s1. The van der Waals surface area contributed by atoms with E-state index in [0.29, 0.717) is 47.5 Å². The minimum Gasteiger partial charge on any atom is -0.490 e. The van der Waals surface area contributed by atoms with E-state index in [-0.39, 0.29) is 19.0 Å². The maximum absolute atomic E-state index is 12.4. The normalized spacial score (nSPS) is 16.0.